The monoisotopic (exact) mass is 438 g/mol. The van der Waals surface area contributed by atoms with Crippen molar-refractivity contribution in [3.8, 4) is 17.2 Å². The summed E-state index contributed by atoms with van der Waals surface area (Å²) in [4.78, 5) is 24.4. The quantitative estimate of drug-likeness (QED) is 0.256. The average Bonchev–Trinajstić information content (AvgIpc) is 2.80. The Morgan fingerprint density at radius 2 is 1.52 bits per heavy atom. The van der Waals surface area contributed by atoms with Gasteiger partial charge in [-0.25, -0.2) is 10.2 Å². The van der Waals surface area contributed by atoms with E-state index >= 15 is 0 Å². The molecule has 0 aliphatic carbocycles. The molecule has 0 saturated carbocycles. The molecule has 0 atom stereocenters. The van der Waals surface area contributed by atoms with E-state index < -0.39 is 11.9 Å². The van der Waals surface area contributed by atoms with Gasteiger partial charge in [-0.2, -0.15) is 5.10 Å². The molecule has 0 unspecified atom stereocenters. The van der Waals surface area contributed by atoms with Crippen LogP contribution in [-0.2, 0) is 0 Å². The largest absolute Gasteiger partial charge is 0.493 e. The van der Waals surface area contributed by atoms with Gasteiger partial charge in [0.2, 0.25) is 0 Å². The van der Waals surface area contributed by atoms with E-state index in [-0.39, 0.29) is 0 Å². The van der Waals surface area contributed by atoms with Crippen molar-refractivity contribution in [1.29, 1.82) is 0 Å². The van der Waals surface area contributed by atoms with Crippen LogP contribution >= 0.6 is 11.6 Å². The molecule has 158 valence electrons. The zero-order valence-electron chi connectivity index (χ0n) is 16.8. The standard InChI is InChI=1S/C23H19ClN2O5/c1-29-20-12-7-17(13-21(20)30-2)22(27)26-25-14-15-3-10-19(11-4-15)31-23(28)16-5-8-18(24)9-6-16/h3-14H,1-2H3,(H,26,27)/b25-14+. The molecule has 0 fully saturated rings. The molecule has 31 heavy (non-hydrogen) atoms. The summed E-state index contributed by atoms with van der Waals surface area (Å²) in [6.45, 7) is 0. The number of hydrazone groups is 1. The number of esters is 1. The van der Waals surface area contributed by atoms with E-state index in [1.165, 1.54) is 20.4 Å². The van der Waals surface area contributed by atoms with E-state index in [0.29, 0.717) is 39.0 Å². The molecule has 7 nitrogen and oxygen atoms in total. The average molecular weight is 439 g/mol. The van der Waals surface area contributed by atoms with Gasteiger partial charge >= 0.3 is 5.97 Å². The molecular formula is C23H19ClN2O5. The van der Waals surface area contributed by atoms with E-state index in [4.69, 9.17) is 25.8 Å². The fourth-order valence-corrected chi connectivity index (χ4v) is 2.71. The van der Waals surface area contributed by atoms with Crippen molar-refractivity contribution in [3.63, 3.8) is 0 Å². The third-order valence-corrected chi connectivity index (χ3v) is 4.45. The number of halogens is 1. The van der Waals surface area contributed by atoms with Crippen molar-refractivity contribution in [2.45, 2.75) is 0 Å². The number of nitrogens with one attached hydrogen (secondary N) is 1. The van der Waals surface area contributed by atoms with E-state index in [9.17, 15) is 9.59 Å². The van der Waals surface area contributed by atoms with Gasteiger partial charge in [0.05, 0.1) is 26.0 Å². The van der Waals surface area contributed by atoms with Gasteiger partial charge < -0.3 is 14.2 Å². The highest BCUT2D eigenvalue weighted by atomic mass is 35.5. The summed E-state index contributed by atoms with van der Waals surface area (Å²) in [5.41, 5.74) is 3.92. The summed E-state index contributed by atoms with van der Waals surface area (Å²) in [7, 11) is 3.01. The number of rotatable bonds is 7. The molecule has 3 rings (SSSR count). The van der Waals surface area contributed by atoms with Crippen LogP contribution in [0.2, 0.25) is 5.02 Å². The number of nitrogens with zero attached hydrogens (tertiary/aromatic N) is 1. The van der Waals surface area contributed by atoms with Crippen LogP contribution in [0.3, 0.4) is 0 Å². The lowest BCUT2D eigenvalue weighted by Gasteiger charge is -2.08. The van der Waals surface area contributed by atoms with E-state index in [1.54, 1.807) is 66.7 Å². The Balaban J connectivity index is 1.57. The van der Waals surface area contributed by atoms with Crippen LogP contribution in [0, 0.1) is 0 Å². The first-order valence-corrected chi connectivity index (χ1v) is 9.51. The molecule has 0 radical (unpaired) electrons. The molecule has 0 aliphatic heterocycles. The Morgan fingerprint density at radius 1 is 0.871 bits per heavy atom. The van der Waals surface area contributed by atoms with Crippen LogP contribution < -0.4 is 19.6 Å². The van der Waals surface area contributed by atoms with Gasteiger partial charge in [-0.15, -0.1) is 0 Å². The van der Waals surface area contributed by atoms with Gasteiger partial charge in [-0.1, -0.05) is 11.6 Å². The van der Waals surface area contributed by atoms with Gasteiger partial charge in [0.15, 0.2) is 11.5 Å². The predicted molar refractivity (Wildman–Crippen MR) is 117 cm³/mol. The molecule has 3 aromatic carbocycles. The molecule has 0 aromatic heterocycles. The molecule has 3 aromatic rings. The number of ether oxygens (including phenoxy) is 3. The normalized spacial score (nSPS) is 10.5. The summed E-state index contributed by atoms with van der Waals surface area (Å²) in [6.07, 6.45) is 1.48. The van der Waals surface area contributed by atoms with Crippen LogP contribution in [-0.4, -0.2) is 32.3 Å². The highest BCUT2D eigenvalue weighted by molar-refractivity contribution is 6.30. The second kappa shape index (κ2) is 10.3. The lowest BCUT2D eigenvalue weighted by molar-refractivity contribution is 0.0734. The van der Waals surface area contributed by atoms with Gasteiger partial charge in [0.1, 0.15) is 5.75 Å². The minimum absolute atomic E-state index is 0.374. The van der Waals surface area contributed by atoms with Crippen LogP contribution in [0.25, 0.3) is 0 Å². The first-order chi connectivity index (χ1) is 15.0. The first-order valence-electron chi connectivity index (χ1n) is 9.13. The summed E-state index contributed by atoms with van der Waals surface area (Å²) < 4.78 is 15.7. The SMILES string of the molecule is COc1ccc(C(=O)N/N=C/c2ccc(OC(=O)c3ccc(Cl)cc3)cc2)cc1OC. The minimum atomic E-state index is -0.486. The van der Waals surface area contributed by atoms with Crippen molar-refractivity contribution in [3.05, 3.63) is 88.4 Å². The summed E-state index contributed by atoms with van der Waals surface area (Å²) in [6, 6.07) is 17.9. The second-order valence-electron chi connectivity index (χ2n) is 6.23. The fraction of sp³-hybridized carbons (Fsp3) is 0.0870. The van der Waals surface area contributed by atoms with E-state index in [0.717, 1.165) is 0 Å². The molecule has 0 spiro atoms. The molecule has 0 bridgehead atoms. The van der Waals surface area contributed by atoms with Crippen LogP contribution in [0.5, 0.6) is 17.2 Å². The summed E-state index contributed by atoms with van der Waals surface area (Å²) in [5.74, 6) is 0.472. The smallest absolute Gasteiger partial charge is 0.343 e. The highest BCUT2D eigenvalue weighted by Gasteiger charge is 2.10. The maximum absolute atomic E-state index is 12.2. The third kappa shape index (κ3) is 5.83. The van der Waals surface area contributed by atoms with Gasteiger partial charge in [0, 0.05) is 10.6 Å². The molecule has 0 saturated heterocycles. The predicted octanol–water partition coefficient (Wildman–Crippen LogP) is 4.34. The Morgan fingerprint density at radius 3 is 2.16 bits per heavy atom. The van der Waals surface area contributed by atoms with Gasteiger partial charge in [-0.3, -0.25) is 4.79 Å². The Labute approximate surface area is 184 Å². The van der Waals surface area contributed by atoms with E-state index in [1.807, 2.05) is 0 Å². The van der Waals surface area contributed by atoms with Gasteiger partial charge in [-0.05, 0) is 72.3 Å². The van der Waals surface area contributed by atoms with Crippen LogP contribution in [0.15, 0.2) is 71.8 Å². The maximum atomic E-state index is 12.2. The zero-order valence-corrected chi connectivity index (χ0v) is 17.6. The number of hydrogen-bond donors (Lipinski definition) is 1. The molecule has 1 N–H and O–H groups in total. The molecule has 8 heteroatoms. The Bertz CT molecular complexity index is 1100. The lowest BCUT2D eigenvalue weighted by atomic mass is 10.2. The second-order valence-corrected chi connectivity index (χ2v) is 6.67. The zero-order chi connectivity index (χ0) is 22.2. The topological polar surface area (TPSA) is 86.2 Å². The minimum Gasteiger partial charge on any atom is -0.493 e. The highest BCUT2D eigenvalue weighted by Crippen LogP contribution is 2.27. The first kappa shape index (κ1) is 21.9. The number of amides is 1. The van der Waals surface area contributed by atoms with Crippen molar-refractivity contribution < 1.29 is 23.8 Å². The lowest BCUT2D eigenvalue weighted by Crippen LogP contribution is -2.17. The summed E-state index contributed by atoms with van der Waals surface area (Å²) >= 11 is 5.81. The third-order valence-electron chi connectivity index (χ3n) is 4.20. The maximum Gasteiger partial charge on any atom is 0.343 e. The molecule has 1 amide bonds. The summed E-state index contributed by atoms with van der Waals surface area (Å²) in [5, 5.41) is 4.49. The number of hydrogen-bond acceptors (Lipinski definition) is 6. The number of carbonyl (C=O) groups excluding carboxylic acids is 2. The number of carbonyl (C=O) groups is 2. The molecular weight excluding hydrogens is 420 g/mol. The van der Waals surface area contributed by atoms with Crippen LogP contribution in [0.1, 0.15) is 26.3 Å². The number of benzene rings is 3. The van der Waals surface area contributed by atoms with E-state index in [2.05, 4.69) is 10.5 Å². The molecule has 0 aliphatic rings. The van der Waals surface area contributed by atoms with Gasteiger partial charge in [0.25, 0.3) is 5.91 Å². The fourth-order valence-electron chi connectivity index (χ4n) is 2.58. The van der Waals surface area contributed by atoms with Crippen LogP contribution in [0.4, 0.5) is 0 Å². The van der Waals surface area contributed by atoms with Crippen molar-refractivity contribution >= 4 is 29.7 Å². The van der Waals surface area contributed by atoms with Crippen molar-refractivity contribution in [2.24, 2.45) is 5.10 Å². The van der Waals surface area contributed by atoms with Crippen molar-refractivity contribution in [2.75, 3.05) is 14.2 Å². The Kier molecular flexibility index (Phi) is 7.24. The van der Waals surface area contributed by atoms with Crippen molar-refractivity contribution in [1.82, 2.24) is 5.43 Å². The molecule has 0 heterocycles. The number of methoxy groups -OCH3 is 2. The Hall–Kier alpha value is -3.84.